The number of anilines is 1. The second-order valence-electron chi connectivity index (χ2n) is 5.74. The van der Waals surface area contributed by atoms with E-state index in [1.807, 2.05) is 32.2 Å². The first-order valence-electron chi connectivity index (χ1n) is 7.17. The normalized spacial score (nSPS) is 21.7. The fourth-order valence-corrected chi connectivity index (χ4v) is 2.98. The topological polar surface area (TPSA) is 66.5 Å². The summed E-state index contributed by atoms with van der Waals surface area (Å²) in [5, 5.41) is 24.7. The van der Waals surface area contributed by atoms with Gasteiger partial charge in [-0.1, -0.05) is 24.3 Å². The molecule has 108 valence electrons. The summed E-state index contributed by atoms with van der Waals surface area (Å²) in [6.07, 6.45) is 1.42. The molecule has 0 radical (unpaired) electrons. The molecule has 21 heavy (non-hydrogen) atoms. The summed E-state index contributed by atoms with van der Waals surface area (Å²) >= 11 is 0. The van der Waals surface area contributed by atoms with Crippen LogP contribution in [0.2, 0.25) is 0 Å². The highest BCUT2D eigenvalue weighted by Crippen LogP contribution is 2.32. The molecule has 0 unspecified atom stereocenters. The van der Waals surface area contributed by atoms with Crippen molar-refractivity contribution in [2.24, 2.45) is 0 Å². The number of aliphatic hydroxyl groups excluding tert-OH is 1. The van der Waals surface area contributed by atoms with Crippen LogP contribution >= 0.6 is 0 Å². The van der Waals surface area contributed by atoms with E-state index in [2.05, 4.69) is 21.2 Å². The summed E-state index contributed by atoms with van der Waals surface area (Å²) in [5.41, 5.74) is 0.786. The number of hydrogen-bond donors (Lipinski definition) is 1. The van der Waals surface area contributed by atoms with Crippen molar-refractivity contribution in [3.05, 3.63) is 30.1 Å². The van der Waals surface area contributed by atoms with Crippen LogP contribution in [-0.4, -0.2) is 44.1 Å². The third-order valence-corrected chi connectivity index (χ3v) is 4.37. The minimum Gasteiger partial charge on any atom is -0.393 e. The Morgan fingerprint density at radius 1 is 1.19 bits per heavy atom. The van der Waals surface area contributed by atoms with Crippen LogP contribution in [0.25, 0.3) is 16.4 Å². The molecule has 6 nitrogen and oxygen atoms in total. The zero-order valence-electron chi connectivity index (χ0n) is 12.1. The van der Waals surface area contributed by atoms with E-state index < -0.39 is 0 Å². The molecule has 6 heteroatoms. The Kier molecular flexibility index (Phi) is 2.62. The number of aryl methyl sites for hydroxylation is 1. The first-order chi connectivity index (χ1) is 10.1. The SMILES string of the molecule is Cc1nnc2c3ccccc3c(N(C)C3CC(O)C3)nn12. The maximum Gasteiger partial charge on any atom is 0.185 e. The molecule has 0 atom stereocenters. The second kappa shape index (κ2) is 4.39. The van der Waals surface area contributed by atoms with Gasteiger partial charge in [-0.2, -0.15) is 4.52 Å². The first kappa shape index (κ1) is 12.5. The van der Waals surface area contributed by atoms with E-state index in [1.54, 1.807) is 4.52 Å². The van der Waals surface area contributed by atoms with Crippen LogP contribution in [0.15, 0.2) is 24.3 Å². The number of rotatable bonds is 2. The second-order valence-corrected chi connectivity index (χ2v) is 5.74. The maximum atomic E-state index is 9.54. The summed E-state index contributed by atoms with van der Waals surface area (Å²) in [6.45, 7) is 1.90. The van der Waals surface area contributed by atoms with Gasteiger partial charge in [0.25, 0.3) is 0 Å². The van der Waals surface area contributed by atoms with Crippen molar-refractivity contribution in [2.75, 3.05) is 11.9 Å². The average Bonchev–Trinajstić information content (AvgIpc) is 2.84. The molecule has 4 rings (SSSR count). The van der Waals surface area contributed by atoms with E-state index in [0.717, 1.165) is 40.9 Å². The van der Waals surface area contributed by atoms with Gasteiger partial charge in [0.2, 0.25) is 0 Å². The Bertz CT molecular complexity index is 821. The lowest BCUT2D eigenvalue weighted by Crippen LogP contribution is -2.45. The molecule has 0 bridgehead atoms. The van der Waals surface area contributed by atoms with Gasteiger partial charge < -0.3 is 10.0 Å². The van der Waals surface area contributed by atoms with Crippen molar-refractivity contribution >= 4 is 22.2 Å². The van der Waals surface area contributed by atoms with Crippen molar-refractivity contribution in [1.29, 1.82) is 0 Å². The molecule has 1 N–H and O–H groups in total. The summed E-state index contributed by atoms with van der Waals surface area (Å²) in [5.74, 6) is 1.69. The van der Waals surface area contributed by atoms with Crippen LogP contribution in [0.4, 0.5) is 5.82 Å². The molecule has 1 aliphatic rings. The summed E-state index contributed by atoms with van der Waals surface area (Å²) in [6, 6.07) is 8.46. The molecule has 1 saturated carbocycles. The minimum atomic E-state index is -0.177. The van der Waals surface area contributed by atoms with Crippen LogP contribution in [0.1, 0.15) is 18.7 Å². The van der Waals surface area contributed by atoms with Gasteiger partial charge in [0.05, 0.1) is 6.10 Å². The fraction of sp³-hybridized carbons (Fsp3) is 0.400. The summed E-state index contributed by atoms with van der Waals surface area (Å²) in [7, 11) is 2.04. The Hall–Kier alpha value is -2.21. The largest absolute Gasteiger partial charge is 0.393 e. The molecule has 1 aliphatic carbocycles. The van der Waals surface area contributed by atoms with Crippen molar-refractivity contribution < 1.29 is 5.11 Å². The zero-order valence-corrected chi connectivity index (χ0v) is 12.1. The van der Waals surface area contributed by atoms with Crippen LogP contribution in [0, 0.1) is 6.92 Å². The van der Waals surface area contributed by atoms with Crippen molar-refractivity contribution in [3.63, 3.8) is 0 Å². The van der Waals surface area contributed by atoms with E-state index in [4.69, 9.17) is 5.10 Å². The third kappa shape index (κ3) is 1.79. The molecule has 0 spiro atoms. The molecule has 0 amide bonds. The lowest BCUT2D eigenvalue weighted by Gasteiger charge is -2.39. The fourth-order valence-electron chi connectivity index (χ4n) is 2.98. The molecular formula is C15H17N5O. The third-order valence-electron chi connectivity index (χ3n) is 4.37. The standard InChI is InChI=1S/C15H17N5O/c1-9-16-17-14-12-5-3-4-6-13(12)15(18-20(9)14)19(2)10-7-11(21)8-10/h3-6,10-11,21H,7-8H2,1-2H3. The molecule has 2 heterocycles. The predicted octanol–water partition coefficient (Wildman–Crippen LogP) is 1.55. The van der Waals surface area contributed by atoms with Gasteiger partial charge >= 0.3 is 0 Å². The van der Waals surface area contributed by atoms with Gasteiger partial charge in [0.15, 0.2) is 17.3 Å². The smallest absolute Gasteiger partial charge is 0.185 e. The molecule has 2 aromatic heterocycles. The van der Waals surface area contributed by atoms with Crippen LogP contribution in [0.5, 0.6) is 0 Å². The Balaban J connectivity index is 1.95. The first-order valence-corrected chi connectivity index (χ1v) is 7.17. The molecule has 0 aliphatic heterocycles. The zero-order chi connectivity index (χ0) is 14.6. The number of fused-ring (bicyclic) bond motifs is 3. The molecule has 1 fully saturated rings. The Morgan fingerprint density at radius 2 is 1.90 bits per heavy atom. The van der Waals surface area contributed by atoms with Crippen molar-refractivity contribution in [1.82, 2.24) is 19.8 Å². The highest BCUT2D eigenvalue weighted by Gasteiger charge is 2.32. The Morgan fingerprint density at radius 3 is 2.62 bits per heavy atom. The molecule has 1 aromatic carbocycles. The van der Waals surface area contributed by atoms with E-state index >= 15 is 0 Å². The van der Waals surface area contributed by atoms with Crippen LogP contribution in [0.3, 0.4) is 0 Å². The van der Waals surface area contributed by atoms with Crippen molar-refractivity contribution in [3.8, 4) is 0 Å². The summed E-state index contributed by atoms with van der Waals surface area (Å²) < 4.78 is 1.79. The number of hydrogen-bond acceptors (Lipinski definition) is 5. The van der Waals surface area contributed by atoms with E-state index in [0.29, 0.717) is 6.04 Å². The number of nitrogens with zero attached hydrogens (tertiary/aromatic N) is 5. The van der Waals surface area contributed by atoms with Crippen molar-refractivity contribution in [2.45, 2.75) is 31.9 Å². The highest BCUT2D eigenvalue weighted by molar-refractivity contribution is 6.00. The van der Waals surface area contributed by atoms with Gasteiger partial charge in [0.1, 0.15) is 0 Å². The van der Waals surface area contributed by atoms with E-state index in [1.165, 1.54) is 0 Å². The predicted molar refractivity (Wildman–Crippen MR) is 80.5 cm³/mol. The highest BCUT2D eigenvalue weighted by atomic mass is 16.3. The maximum absolute atomic E-state index is 9.54. The number of benzene rings is 1. The lowest BCUT2D eigenvalue weighted by molar-refractivity contribution is 0.0748. The van der Waals surface area contributed by atoms with Crippen LogP contribution in [-0.2, 0) is 0 Å². The van der Waals surface area contributed by atoms with Gasteiger partial charge in [-0.15, -0.1) is 15.3 Å². The average molecular weight is 283 g/mol. The minimum absolute atomic E-state index is 0.177. The Labute approximate surface area is 122 Å². The van der Waals surface area contributed by atoms with Gasteiger partial charge in [-0.25, -0.2) is 0 Å². The number of aliphatic hydroxyl groups is 1. The quantitative estimate of drug-likeness (QED) is 0.773. The van der Waals surface area contributed by atoms with E-state index in [9.17, 15) is 5.11 Å². The van der Waals surface area contributed by atoms with Gasteiger partial charge in [0, 0.05) is 23.9 Å². The van der Waals surface area contributed by atoms with E-state index in [-0.39, 0.29) is 6.10 Å². The monoisotopic (exact) mass is 283 g/mol. The molecular weight excluding hydrogens is 266 g/mol. The number of aromatic nitrogens is 4. The van der Waals surface area contributed by atoms with Gasteiger partial charge in [-0.3, -0.25) is 0 Å². The van der Waals surface area contributed by atoms with Crippen LogP contribution < -0.4 is 4.90 Å². The lowest BCUT2D eigenvalue weighted by atomic mass is 9.88. The molecule has 3 aromatic rings. The summed E-state index contributed by atoms with van der Waals surface area (Å²) in [4.78, 5) is 2.16. The molecule has 0 saturated heterocycles. The van der Waals surface area contributed by atoms with Gasteiger partial charge in [-0.05, 0) is 19.8 Å².